The Bertz CT molecular complexity index is 809. The van der Waals surface area contributed by atoms with Crippen LogP contribution < -0.4 is 9.47 Å². The normalized spacial score (nSPS) is 21.2. The predicted molar refractivity (Wildman–Crippen MR) is 114 cm³/mol. The standard InChI is InChI=1S/C23H29ClNO5/c24-19-7-5-18(6-8-19)13-25(9-11-27-12-10-25)14-20(26)15-28-16-21-17-29-22-3-1-2-4-23(22)30-21/h1-8,20-21,26H,9-17H2/q+1/t20-,21+/m1/s1. The number of ether oxygens (including phenoxy) is 4. The highest BCUT2D eigenvalue weighted by atomic mass is 35.5. The van der Waals surface area contributed by atoms with Crippen LogP contribution in [0.3, 0.4) is 0 Å². The Balaban J connectivity index is 1.28. The third-order valence-electron chi connectivity index (χ3n) is 5.63. The molecule has 2 heterocycles. The minimum Gasteiger partial charge on any atom is -0.486 e. The molecule has 0 aliphatic carbocycles. The minimum absolute atomic E-state index is 0.173. The number of halogens is 1. The summed E-state index contributed by atoms with van der Waals surface area (Å²) in [4.78, 5) is 0. The molecule has 162 valence electrons. The number of rotatable bonds is 8. The van der Waals surface area contributed by atoms with Gasteiger partial charge in [-0.3, -0.25) is 0 Å². The van der Waals surface area contributed by atoms with E-state index in [-0.39, 0.29) is 12.7 Å². The Labute approximate surface area is 182 Å². The number of aliphatic hydroxyl groups is 1. The molecule has 2 aliphatic rings. The summed E-state index contributed by atoms with van der Waals surface area (Å²) >= 11 is 6.02. The lowest BCUT2D eigenvalue weighted by atomic mass is 10.1. The fourth-order valence-electron chi connectivity index (χ4n) is 4.09. The molecule has 2 aromatic rings. The van der Waals surface area contributed by atoms with Gasteiger partial charge in [-0.25, -0.2) is 0 Å². The molecule has 0 saturated carbocycles. The summed E-state index contributed by atoms with van der Waals surface area (Å²) in [7, 11) is 0. The zero-order chi connectivity index (χ0) is 20.8. The molecule has 0 bridgehead atoms. The highest BCUT2D eigenvalue weighted by molar-refractivity contribution is 6.30. The van der Waals surface area contributed by atoms with Crippen molar-refractivity contribution in [2.45, 2.75) is 18.8 Å². The van der Waals surface area contributed by atoms with Gasteiger partial charge >= 0.3 is 0 Å². The Hall–Kier alpha value is -1.83. The van der Waals surface area contributed by atoms with Crippen LogP contribution in [0.15, 0.2) is 48.5 Å². The molecule has 2 aliphatic heterocycles. The summed E-state index contributed by atoms with van der Waals surface area (Å²) in [6.45, 7) is 5.70. The molecule has 7 heteroatoms. The number of benzene rings is 2. The smallest absolute Gasteiger partial charge is 0.161 e. The summed E-state index contributed by atoms with van der Waals surface area (Å²) in [6.07, 6.45) is -0.736. The Kier molecular flexibility index (Phi) is 7.12. The fraction of sp³-hybridized carbons (Fsp3) is 0.478. The predicted octanol–water partition coefficient (Wildman–Crippen LogP) is 2.90. The molecule has 0 radical (unpaired) electrons. The van der Waals surface area contributed by atoms with Crippen LogP contribution in [0.5, 0.6) is 11.5 Å². The molecule has 1 saturated heterocycles. The number of morpholine rings is 1. The van der Waals surface area contributed by atoms with Gasteiger partial charge in [0.15, 0.2) is 17.6 Å². The molecule has 2 atom stereocenters. The van der Waals surface area contributed by atoms with E-state index in [4.69, 9.17) is 30.5 Å². The Morgan fingerprint density at radius 2 is 1.80 bits per heavy atom. The lowest BCUT2D eigenvalue weighted by Gasteiger charge is -2.42. The van der Waals surface area contributed by atoms with Crippen LogP contribution in [-0.2, 0) is 16.0 Å². The summed E-state index contributed by atoms with van der Waals surface area (Å²) in [5.74, 6) is 1.49. The van der Waals surface area contributed by atoms with Gasteiger partial charge in [0.2, 0.25) is 0 Å². The van der Waals surface area contributed by atoms with Crippen molar-refractivity contribution in [3.63, 3.8) is 0 Å². The van der Waals surface area contributed by atoms with Gasteiger partial charge in [-0.15, -0.1) is 0 Å². The second-order valence-corrected chi connectivity index (χ2v) is 8.49. The van der Waals surface area contributed by atoms with Gasteiger partial charge in [-0.1, -0.05) is 35.9 Å². The maximum atomic E-state index is 10.7. The van der Waals surface area contributed by atoms with E-state index in [0.29, 0.717) is 33.0 Å². The first kappa shape index (κ1) is 21.4. The average molecular weight is 435 g/mol. The highest BCUT2D eigenvalue weighted by Crippen LogP contribution is 2.30. The largest absolute Gasteiger partial charge is 0.486 e. The third kappa shape index (κ3) is 5.65. The molecule has 1 fully saturated rings. The van der Waals surface area contributed by atoms with Crippen LogP contribution in [0.2, 0.25) is 5.02 Å². The van der Waals surface area contributed by atoms with E-state index in [1.54, 1.807) is 0 Å². The summed E-state index contributed by atoms with van der Waals surface area (Å²) in [5, 5.41) is 11.4. The summed E-state index contributed by atoms with van der Waals surface area (Å²) < 4.78 is 23.8. The van der Waals surface area contributed by atoms with Crippen LogP contribution >= 0.6 is 11.6 Å². The number of nitrogens with zero attached hydrogens (tertiary/aromatic N) is 1. The van der Waals surface area contributed by atoms with Gasteiger partial charge in [0.25, 0.3) is 0 Å². The van der Waals surface area contributed by atoms with E-state index in [1.807, 2.05) is 36.4 Å². The van der Waals surface area contributed by atoms with Crippen LogP contribution in [0, 0.1) is 0 Å². The number of hydrogen-bond acceptors (Lipinski definition) is 5. The molecule has 2 aromatic carbocycles. The first-order valence-electron chi connectivity index (χ1n) is 10.4. The molecule has 30 heavy (non-hydrogen) atoms. The molecule has 0 amide bonds. The van der Waals surface area contributed by atoms with Crippen molar-refractivity contribution in [1.82, 2.24) is 0 Å². The molecule has 6 nitrogen and oxygen atoms in total. The van der Waals surface area contributed by atoms with Crippen LogP contribution in [0.25, 0.3) is 0 Å². The lowest BCUT2D eigenvalue weighted by molar-refractivity contribution is -0.950. The van der Waals surface area contributed by atoms with Gasteiger partial charge in [0.1, 0.15) is 38.9 Å². The van der Waals surface area contributed by atoms with E-state index in [2.05, 4.69) is 12.1 Å². The van der Waals surface area contributed by atoms with E-state index in [9.17, 15) is 5.11 Å². The van der Waals surface area contributed by atoms with Gasteiger partial charge in [-0.2, -0.15) is 0 Å². The zero-order valence-corrected chi connectivity index (χ0v) is 17.8. The Morgan fingerprint density at radius 1 is 1.07 bits per heavy atom. The van der Waals surface area contributed by atoms with Gasteiger partial charge in [0.05, 0.1) is 26.4 Å². The van der Waals surface area contributed by atoms with Crippen molar-refractivity contribution < 1.29 is 28.5 Å². The monoisotopic (exact) mass is 434 g/mol. The van der Waals surface area contributed by atoms with Crippen molar-refractivity contribution in [3.8, 4) is 11.5 Å². The third-order valence-corrected chi connectivity index (χ3v) is 5.88. The van der Waals surface area contributed by atoms with Crippen LogP contribution in [0.4, 0.5) is 0 Å². The van der Waals surface area contributed by atoms with Crippen LogP contribution in [-0.4, -0.2) is 74.5 Å². The zero-order valence-electron chi connectivity index (χ0n) is 17.0. The second kappa shape index (κ2) is 9.98. The molecular weight excluding hydrogens is 406 g/mol. The second-order valence-electron chi connectivity index (χ2n) is 8.06. The summed E-state index contributed by atoms with van der Waals surface area (Å²) in [6, 6.07) is 15.6. The molecule has 0 spiro atoms. The highest BCUT2D eigenvalue weighted by Gasteiger charge is 2.33. The first-order valence-corrected chi connectivity index (χ1v) is 10.8. The van der Waals surface area contributed by atoms with E-state index in [0.717, 1.165) is 40.6 Å². The molecule has 4 rings (SSSR count). The van der Waals surface area contributed by atoms with Gasteiger partial charge < -0.3 is 28.5 Å². The molecule has 0 aromatic heterocycles. The Morgan fingerprint density at radius 3 is 2.57 bits per heavy atom. The number of aliphatic hydroxyl groups excluding tert-OH is 1. The number of fused-ring (bicyclic) bond motifs is 1. The first-order chi connectivity index (χ1) is 14.6. The SMILES string of the molecule is O[C@@H](COC[C@H]1COc2ccccc2O1)C[N+]1(Cc2ccc(Cl)cc2)CCOCC1. The molecule has 1 N–H and O–H groups in total. The van der Waals surface area contributed by atoms with Crippen molar-refractivity contribution in [2.24, 2.45) is 0 Å². The maximum Gasteiger partial charge on any atom is 0.161 e. The average Bonchev–Trinajstić information content (AvgIpc) is 2.76. The van der Waals surface area contributed by atoms with Crippen molar-refractivity contribution in [1.29, 1.82) is 0 Å². The van der Waals surface area contributed by atoms with Crippen LogP contribution in [0.1, 0.15) is 5.56 Å². The number of hydrogen-bond donors (Lipinski definition) is 1. The molecule has 0 unspecified atom stereocenters. The van der Waals surface area contributed by atoms with Crippen molar-refractivity contribution in [2.75, 3.05) is 52.7 Å². The topological polar surface area (TPSA) is 57.2 Å². The number of quaternary nitrogens is 1. The van der Waals surface area contributed by atoms with E-state index >= 15 is 0 Å². The van der Waals surface area contributed by atoms with Gasteiger partial charge in [-0.05, 0) is 24.3 Å². The maximum absolute atomic E-state index is 10.7. The number of para-hydroxylation sites is 2. The van der Waals surface area contributed by atoms with Gasteiger partial charge in [0, 0.05) is 10.6 Å². The minimum atomic E-state index is -0.563. The van der Waals surface area contributed by atoms with Crippen molar-refractivity contribution in [3.05, 3.63) is 59.1 Å². The summed E-state index contributed by atoms with van der Waals surface area (Å²) in [5.41, 5.74) is 1.21. The quantitative estimate of drug-likeness (QED) is 0.647. The fourth-order valence-corrected chi connectivity index (χ4v) is 4.22. The van der Waals surface area contributed by atoms with E-state index < -0.39 is 6.10 Å². The van der Waals surface area contributed by atoms with E-state index in [1.165, 1.54) is 5.56 Å². The van der Waals surface area contributed by atoms with Crippen molar-refractivity contribution >= 4 is 11.6 Å². The molecular formula is C23H29ClNO5+. The lowest BCUT2D eigenvalue weighted by Crippen LogP contribution is -2.58.